The number of carbonyl (C=O) groups is 1. The molecule has 0 fully saturated rings. The van der Waals surface area contributed by atoms with Crippen molar-refractivity contribution in [1.82, 2.24) is 14.4 Å². The van der Waals surface area contributed by atoms with Crippen molar-refractivity contribution in [3.05, 3.63) is 47.3 Å². The van der Waals surface area contributed by atoms with Gasteiger partial charge in [0, 0.05) is 24.5 Å². The van der Waals surface area contributed by atoms with Gasteiger partial charge in [-0.05, 0) is 58.0 Å². The molecule has 0 aliphatic rings. The first-order chi connectivity index (χ1) is 13.1. The summed E-state index contributed by atoms with van der Waals surface area (Å²) in [4.78, 5) is 17.2. The maximum absolute atomic E-state index is 12.8. The predicted octanol–water partition coefficient (Wildman–Crippen LogP) is 3.12. The van der Waals surface area contributed by atoms with Crippen molar-refractivity contribution in [2.24, 2.45) is 0 Å². The first-order valence-corrected chi connectivity index (χ1v) is 10.2. The van der Waals surface area contributed by atoms with E-state index >= 15 is 0 Å². The average Bonchev–Trinajstić information content (AvgIpc) is 3.01. The number of sulfonamides is 1. The molecule has 0 bridgehead atoms. The van der Waals surface area contributed by atoms with Gasteiger partial charge in [0.25, 0.3) is 11.6 Å². The summed E-state index contributed by atoms with van der Waals surface area (Å²) in [7, 11) is -2.04. The molecule has 9 heteroatoms. The van der Waals surface area contributed by atoms with E-state index in [-0.39, 0.29) is 16.8 Å². The Labute approximate surface area is 163 Å². The lowest BCUT2D eigenvalue weighted by Crippen LogP contribution is -2.33. The smallest absolute Gasteiger partial charge is 0.258 e. The number of hydrogen-bond acceptors (Lipinski definition) is 6. The second-order valence-electron chi connectivity index (χ2n) is 6.85. The van der Waals surface area contributed by atoms with Gasteiger partial charge in [0.05, 0.1) is 21.5 Å². The molecular weight excluding hydrogens is 380 g/mol. The molecular formula is C19H22N4O4S. The Morgan fingerprint density at radius 2 is 1.82 bits per heavy atom. The van der Waals surface area contributed by atoms with Crippen LogP contribution in [0.5, 0.6) is 0 Å². The number of nitrogens with zero attached hydrogens (tertiary/aromatic N) is 3. The Morgan fingerprint density at radius 1 is 1.18 bits per heavy atom. The van der Waals surface area contributed by atoms with Gasteiger partial charge in [-0.25, -0.2) is 13.4 Å². The minimum atomic E-state index is -3.58. The SMILES string of the molecule is Cc1cc(C(=O)Nc2ccc(S(=O)(=O)N(C)C(C)C)cc2)c2c(C)noc2n1. The van der Waals surface area contributed by atoms with E-state index in [0.29, 0.717) is 33.7 Å². The van der Waals surface area contributed by atoms with E-state index in [1.807, 2.05) is 0 Å². The summed E-state index contributed by atoms with van der Waals surface area (Å²) in [5.74, 6) is -0.350. The molecule has 148 valence electrons. The molecule has 28 heavy (non-hydrogen) atoms. The molecule has 2 aromatic heterocycles. The third kappa shape index (κ3) is 3.63. The lowest BCUT2D eigenvalue weighted by atomic mass is 10.1. The van der Waals surface area contributed by atoms with Crippen molar-refractivity contribution < 1.29 is 17.7 Å². The van der Waals surface area contributed by atoms with E-state index in [0.717, 1.165) is 0 Å². The van der Waals surface area contributed by atoms with Crippen LogP contribution in [0.1, 0.15) is 35.6 Å². The Hall–Kier alpha value is -2.78. The Morgan fingerprint density at radius 3 is 2.43 bits per heavy atom. The van der Waals surface area contributed by atoms with Crippen LogP contribution >= 0.6 is 0 Å². The average molecular weight is 402 g/mol. The van der Waals surface area contributed by atoms with E-state index < -0.39 is 10.0 Å². The number of fused-ring (bicyclic) bond motifs is 1. The number of aromatic nitrogens is 2. The van der Waals surface area contributed by atoms with Gasteiger partial charge in [-0.15, -0.1) is 0 Å². The summed E-state index contributed by atoms with van der Waals surface area (Å²) in [6.07, 6.45) is 0. The molecule has 0 unspecified atom stereocenters. The molecule has 2 heterocycles. The number of amides is 1. The summed E-state index contributed by atoms with van der Waals surface area (Å²) in [5.41, 5.74) is 2.39. The van der Waals surface area contributed by atoms with Crippen LogP contribution in [0.2, 0.25) is 0 Å². The predicted molar refractivity (Wildman–Crippen MR) is 106 cm³/mol. The Bertz CT molecular complexity index is 1130. The Balaban J connectivity index is 1.88. The molecule has 3 rings (SSSR count). The number of pyridine rings is 1. The van der Waals surface area contributed by atoms with Crippen molar-refractivity contribution in [1.29, 1.82) is 0 Å². The van der Waals surface area contributed by atoms with Crippen molar-refractivity contribution in [2.75, 3.05) is 12.4 Å². The van der Waals surface area contributed by atoms with Crippen LogP contribution in [0.3, 0.4) is 0 Å². The standard InChI is InChI=1S/C19H22N4O4S/c1-11(2)23(5)28(25,26)15-8-6-14(7-9-15)21-18(24)16-10-12(3)20-19-17(16)13(4)22-27-19/h6-11H,1-5H3,(H,21,24). The van der Waals surface area contributed by atoms with Crippen molar-refractivity contribution >= 4 is 32.7 Å². The zero-order chi connectivity index (χ0) is 20.6. The molecule has 0 aliphatic carbocycles. The molecule has 0 saturated heterocycles. The first-order valence-electron chi connectivity index (χ1n) is 8.74. The van der Waals surface area contributed by atoms with Gasteiger partial charge in [-0.2, -0.15) is 4.31 Å². The van der Waals surface area contributed by atoms with E-state index in [1.54, 1.807) is 45.9 Å². The molecule has 0 aliphatic heterocycles. The number of nitrogens with one attached hydrogen (secondary N) is 1. The fourth-order valence-corrected chi connectivity index (χ4v) is 4.12. The topological polar surface area (TPSA) is 105 Å². The number of carbonyl (C=O) groups excluding carboxylic acids is 1. The van der Waals surface area contributed by atoms with Gasteiger partial charge in [0.1, 0.15) is 0 Å². The van der Waals surface area contributed by atoms with Crippen LogP contribution in [-0.2, 0) is 10.0 Å². The third-order valence-corrected chi connectivity index (χ3v) is 6.55. The molecule has 1 amide bonds. The van der Waals surface area contributed by atoms with Gasteiger partial charge in [0.15, 0.2) is 0 Å². The van der Waals surface area contributed by atoms with Crippen LogP contribution < -0.4 is 5.32 Å². The summed E-state index contributed by atoms with van der Waals surface area (Å²) in [6, 6.07) is 7.57. The highest BCUT2D eigenvalue weighted by Gasteiger charge is 2.23. The summed E-state index contributed by atoms with van der Waals surface area (Å²) >= 11 is 0. The highest BCUT2D eigenvalue weighted by molar-refractivity contribution is 7.89. The second-order valence-corrected chi connectivity index (χ2v) is 8.85. The van der Waals surface area contributed by atoms with E-state index in [2.05, 4.69) is 15.5 Å². The summed E-state index contributed by atoms with van der Waals surface area (Å²) in [5, 5.41) is 7.20. The second kappa shape index (κ2) is 7.33. The highest BCUT2D eigenvalue weighted by atomic mass is 32.2. The largest absolute Gasteiger partial charge is 0.336 e. The van der Waals surface area contributed by atoms with Gasteiger partial charge in [-0.3, -0.25) is 4.79 Å². The maximum Gasteiger partial charge on any atom is 0.258 e. The van der Waals surface area contributed by atoms with Crippen molar-refractivity contribution in [3.8, 4) is 0 Å². The lowest BCUT2D eigenvalue weighted by molar-refractivity contribution is 0.102. The molecule has 8 nitrogen and oxygen atoms in total. The highest BCUT2D eigenvalue weighted by Crippen LogP contribution is 2.24. The number of anilines is 1. The van der Waals surface area contributed by atoms with Crippen LogP contribution in [0.25, 0.3) is 11.1 Å². The monoisotopic (exact) mass is 402 g/mol. The third-order valence-electron chi connectivity index (χ3n) is 4.51. The zero-order valence-electron chi connectivity index (χ0n) is 16.3. The van der Waals surface area contributed by atoms with Crippen LogP contribution in [0.4, 0.5) is 5.69 Å². The number of aryl methyl sites for hydroxylation is 2. The normalized spacial score (nSPS) is 12.1. The summed E-state index contributed by atoms with van der Waals surface area (Å²) in [6.45, 7) is 7.11. The van der Waals surface area contributed by atoms with Gasteiger partial charge < -0.3 is 9.84 Å². The molecule has 0 saturated carbocycles. The minimum Gasteiger partial charge on any atom is -0.336 e. The first kappa shape index (κ1) is 20.0. The number of benzene rings is 1. The molecule has 3 aromatic rings. The number of hydrogen-bond donors (Lipinski definition) is 1. The molecule has 0 atom stereocenters. The zero-order valence-corrected chi connectivity index (χ0v) is 17.2. The van der Waals surface area contributed by atoms with Gasteiger partial charge in [0.2, 0.25) is 10.0 Å². The molecule has 0 spiro atoms. The lowest BCUT2D eigenvalue weighted by Gasteiger charge is -2.21. The number of rotatable bonds is 5. The molecule has 1 aromatic carbocycles. The molecule has 1 N–H and O–H groups in total. The van der Waals surface area contributed by atoms with Crippen LogP contribution in [0, 0.1) is 13.8 Å². The van der Waals surface area contributed by atoms with E-state index in [4.69, 9.17) is 4.52 Å². The van der Waals surface area contributed by atoms with E-state index in [1.165, 1.54) is 23.5 Å². The van der Waals surface area contributed by atoms with E-state index in [9.17, 15) is 13.2 Å². The van der Waals surface area contributed by atoms with Crippen molar-refractivity contribution in [2.45, 2.75) is 38.6 Å². The fourth-order valence-electron chi connectivity index (χ4n) is 2.75. The quantitative estimate of drug-likeness (QED) is 0.703. The minimum absolute atomic E-state index is 0.159. The maximum atomic E-state index is 12.8. The van der Waals surface area contributed by atoms with Crippen LogP contribution in [-0.4, -0.2) is 41.9 Å². The van der Waals surface area contributed by atoms with Gasteiger partial charge in [-0.1, -0.05) is 5.16 Å². The van der Waals surface area contributed by atoms with Crippen LogP contribution in [0.15, 0.2) is 39.8 Å². The summed E-state index contributed by atoms with van der Waals surface area (Å²) < 4.78 is 31.5. The van der Waals surface area contributed by atoms with Crippen molar-refractivity contribution in [3.63, 3.8) is 0 Å². The Kier molecular flexibility index (Phi) is 5.22. The van der Waals surface area contributed by atoms with Gasteiger partial charge >= 0.3 is 0 Å². The fraction of sp³-hybridized carbons (Fsp3) is 0.316. The molecule has 0 radical (unpaired) electrons.